The minimum Gasteiger partial charge on any atom is -0.490 e. The van der Waals surface area contributed by atoms with E-state index in [1.807, 2.05) is 0 Å². The van der Waals surface area contributed by atoms with E-state index >= 15 is 0 Å². The van der Waals surface area contributed by atoms with E-state index in [-0.39, 0.29) is 30.3 Å². The Morgan fingerprint density at radius 3 is 1.98 bits per heavy atom. The molecule has 11 heteroatoms. The van der Waals surface area contributed by atoms with E-state index in [0.717, 1.165) is 9.80 Å². The van der Waals surface area contributed by atoms with Crippen LogP contribution in [-0.4, -0.2) is 37.0 Å². The number of benzene rings is 4. The normalized spacial score (nSPS) is 13.2. The molecular formula is C33H25BrClN3O6. The zero-order chi connectivity index (χ0) is 31.2. The molecule has 5 rings (SSSR count). The van der Waals surface area contributed by atoms with E-state index in [1.165, 1.54) is 6.08 Å². The largest absolute Gasteiger partial charge is 0.490 e. The van der Waals surface area contributed by atoms with Gasteiger partial charge in [-0.1, -0.05) is 60.1 Å². The molecule has 0 bridgehead atoms. The summed E-state index contributed by atoms with van der Waals surface area (Å²) in [5.41, 5.74) is 1.26. The van der Waals surface area contributed by atoms with Gasteiger partial charge in [0, 0.05) is 0 Å². The van der Waals surface area contributed by atoms with Crippen molar-refractivity contribution in [1.82, 2.24) is 0 Å². The zero-order valence-corrected chi connectivity index (χ0v) is 25.7. The molecule has 9 nitrogen and oxygen atoms in total. The summed E-state index contributed by atoms with van der Waals surface area (Å²) in [7, 11) is 0. The van der Waals surface area contributed by atoms with Gasteiger partial charge >= 0.3 is 6.03 Å². The first-order valence-electron chi connectivity index (χ1n) is 13.5. The highest BCUT2D eigenvalue weighted by atomic mass is 79.9. The number of anilines is 3. The van der Waals surface area contributed by atoms with Gasteiger partial charge in [-0.3, -0.25) is 14.4 Å². The van der Waals surface area contributed by atoms with Crippen molar-refractivity contribution in [3.63, 3.8) is 0 Å². The second-order valence-corrected chi connectivity index (χ2v) is 10.6. The molecule has 5 amide bonds. The second-order valence-electron chi connectivity index (χ2n) is 9.37. The van der Waals surface area contributed by atoms with E-state index < -0.39 is 23.8 Å². The number of hydrogen-bond donors (Lipinski definition) is 1. The van der Waals surface area contributed by atoms with Crippen LogP contribution < -0.4 is 24.6 Å². The lowest BCUT2D eigenvalue weighted by Crippen LogP contribution is -2.57. The van der Waals surface area contributed by atoms with Crippen LogP contribution in [0.15, 0.2) is 107 Å². The van der Waals surface area contributed by atoms with Crippen LogP contribution in [0.5, 0.6) is 11.5 Å². The summed E-state index contributed by atoms with van der Waals surface area (Å²) in [4.78, 5) is 55.5. The van der Waals surface area contributed by atoms with Crippen molar-refractivity contribution >= 4 is 74.4 Å². The molecule has 222 valence electrons. The summed E-state index contributed by atoms with van der Waals surface area (Å²) in [6, 6.07) is 26.0. The molecule has 4 aromatic rings. The quantitative estimate of drug-likeness (QED) is 0.150. The van der Waals surface area contributed by atoms with Gasteiger partial charge in [-0.05, 0) is 83.0 Å². The maximum atomic E-state index is 13.7. The van der Waals surface area contributed by atoms with Crippen molar-refractivity contribution in [2.24, 2.45) is 0 Å². The predicted octanol–water partition coefficient (Wildman–Crippen LogP) is 7.10. The highest BCUT2D eigenvalue weighted by Crippen LogP contribution is 2.38. The Hall–Kier alpha value is -4.93. The molecule has 0 spiro atoms. The smallest absolute Gasteiger partial charge is 0.343 e. The molecule has 1 heterocycles. The number of ether oxygens (including phenoxy) is 2. The van der Waals surface area contributed by atoms with Gasteiger partial charge in [0.25, 0.3) is 17.7 Å². The van der Waals surface area contributed by atoms with Crippen LogP contribution >= 0.6 is 27.5 Å². The van der Waals surface area contributed by atoms with E-state index in [9.17, 15) is 19.2 Å². The Bertz CT molecular complexity index is 1700. The molecular weight excluding hydrogens is 650 g/mol. The first-order valence-corrected chi connectivity index (χ1v) is 14.6. The number of hydrogen-bond acceptors (Lipinski definition) is 6. The number of amides is 5. The van der Waals surface area contributed by atoms with Crippen LogP contribution in [-0.2, 0) is 14.4 Å². The van der Waals surface area contributed by atoms with Crippen LogP contribution in [0.4, 0.5) is 21.9 Å². The molecule has 0 atom stereocenters. The first kappa shape index (κ1) is 30.5. The Labute approximate surface area is 266 Å². The Morgan fingerprint density at radius 1 is 0.841 bits per heavy atom. The minimum absolute atomic E-state index is 0.237. The monoisotopic (exact) mass is 673 g/mol. The highest BCUT2D eigenvalue weighted by molar-refractivity contribution is 9.10. The van der Waals surface area contributed by atoms with Crippen LogP contribution in [0.3, 0.4) is 0 Å². The number of carbonyl (C=O) groups is 4. The molecule has 0 aromatic heterocycles. The van der Waals surface area contributed by atoms with E-state index in [2.05, 4.69) is 21.2 Å². The van der Waals surface area contributed by atoms with Gasteiger partial charge in [-0.15, -0.1) is 0 Å². The predicted molar refractivity (Wildman–Crippen MR) is 172 cm³/mol. The summed E-state index contributed by atoms with van der Waals surface area (Å²) < 4.78 is 12.0. The van der Waals surface area contributed by atoms with E-state index in [4.69, 9.17) is 21.1 Å². The third-order valence-corrected chi connectivity index (χ3v) is 7.34. The Balaban J connectivity index is 1.48. The molecule has 44 heavy (non-hydrogen) atoms. The van der Waals surface area contributed by atoms with Gasteiger partial charge in [0.05, 0.1) is 33.2 Å². The summed E-state index contributed by atoms with van der Waals surface area (Å²) in [5.74, 6) is -1.47. The number of para-hydroxylation sites is 3. The number of nitrogens with zero attached hydrogens (tertiary/aromatic N) is 2. The lowest BCUT2D eigenvalue weighted by Gasteiger charge is -2.34. The standard InChI is InChI=1S/C33H25BrClN3O6/c1-2-43-28-19-21(18-25(34)30(28)44-20-29(39)36-27-16-10-9-15-26(27)35)17-24-31(40)37(22-11-5-3-6-12-22)33(42)38(32(24)41)23-13-7-4-8-14-23/h3-19H,2,20H2,1H3,(H,36,39). The summed E-state index contributed by atoms with van der Waals surface area (Å²) in [6.45, 7) is 1.70. The average molecular weight is 675 g/mol. The molecule has 1 aliphatic rings. The summed E-state index contributed by atoms with van der Waals surface area (Å²) in [6.07, 6.45) is 1.39. The first-order chi connectivity index (χ1) is 21.3. The fourth-order valence-electron chi connectivity index (χ4n) is 4.47. The molecule has 1 fully saturated rings. The molecule has 1 N–H and O–H groups in total. The maximum Gasteiger partial charge on any atom is 0.343 e. The fraction of sp³-hybridized carbons (Fsp3) is 0.0909. The highest BCUT2D eigenvalue weighted by Gasteiger charge is 2.43. The molecule has 0 radical (unpaired) electrons. The van der Waals surface area contributed by atoms with Gasteiger partial charge in [0.1, 0.15) is 5.57 Å². The number of imide groups is 2. The van der Waals surface area contributed by atoms with Gasteiger partial charge < -0.3 is 14.8 Å². The van der Waals surface area contributed by atoms with Gasteiger partial charge in [-0.2, -0.15) is 0 Å². The van der Waals surface area contributed by atoms with Gasteiger partial charge in [0.15, 0.2) is 18.1 Å². The molecule has 1 saturated heterocycles. The fourth-order valence-corrected chi connectivity index (χ4v) is 5.22. The van der Waals surface area contributed by atoms with Crippen LogP contribution in [0.25, 0.3) is 6.08 Å². The lowest BCUT2D eigenvalue weighted by molar-refractivity contribution is -0.121. The van der Waals surface area contributed by atoms with Crippen LogP contribution in [0.2, 0.25) is 5.02 Å². The van der Waals surface area contributed by atoms with Crippen molar-refractivity contribution in [3.05, 3.63) is 118 Å². The Kier molecular flexibility index (Phi) is 9.42. The topological polar surface area (TPSA) is 105 Å². The van der Waals surface area contributed by atoms with Crippen molar-refractivity contribution in [2.45, 2.75) is 6.92 Å². The average Bonchev–Trinajstić information content (AvgIpc) is 3.01. The number of halogens is 2. The number of rotatable bonds is 9. The summed E-state index contributed by atoms with van der Waals surface area (Å²) in [5, 5.41) is 3.08. The van der Waals surface area contributed by atoms with Crippen molar-refractivity contribution < 1.29 is 28.7 Å². The molecule has 0 unspecified atom stereocenters. The zero-order valence-electron chi connectivity index (χ0n) is 23.3. The van der Waals surface area contributed by atoms with Gasteiger partial charge in [-0.25, -0.2) is 14.6 Å². The Morgan fingerprint density at radius 2 is 1.41 bits per heavy atom. The number of barbiturate groups is 1. The van der Waals surface area contributed by atoms with Gasteiger partial charge in [0.2, 0.25) is 0 Å². The van der Waals surface area contributed by atoms with E-state index in [1.54, 1.807) is 104 Å². The maximum absolute atomic E-state index is 13.7. The van der Waals surface area contributed by atoms with Crippen LogP contribution in [0.1, 0.15) is 12.5 Å². The molecule has 1 aliphatic heterocycles. The minimum atomic E-state index is -0.787. The number of carbonyl (C=O) groups excluding carboxylic acids is 4. The molecule has 0 aliphatic carbocycles. The molecule has 4 aromatic carbocycles. The number of nitrogens with one attached hydrogen (secondary N) is 1. The molecule has 0 saturated carbocycles. The number of urea groups is 1. The third kappa shape index (κ3) is 6.51. The summed E-state index contributed by atoms with van der Waals surface area (Å²) >= 11 is 9.60. The van der Waals surface area contributed by atoms with Crippen molar-refractivity contribution in [3.8, 4) is 11.5 Å². The van der Waals surface area contributed by atoms with Crippen molar-refractivity contribution in [2.75, 3.05) is 28.3 Å². The lowest BCUT2D eigenvalue weighted by atomic mass is 10.0. The SMILES string of the molecule is CCOc1cc(C=C2C(=O)N(c3ccccc3)C(=O)N(c3ccccc3)C2=O)cc(Br)c1OCC(=O)Nc1ccccc1Cl. The second kappa shape index (κ2) is 13.6. The van der Waals surface area contributed by atoms with E-state index in [0.29, 0.717) is 32.1 Å². The third-order valence-electron chi connectivity index (χ3n) is 6.42. The van der Waals surface area contributed by atoms with Crippen LogP contribution in [0, 0.1) is 0 Å². The van der Waals surface area contributed by atoms with Crippen molar-refractivity contribution in [1.29, 1.82) is 0 Å².